The van der Waals surface area contributed by atoms with Gasteiger partial charge in [0.1, 0.15) is 0 Å². The van der Waals surface area contributed by atoms with Crippen molar-refractivity contribution in [3.63, 3.8) is 0 Å². The highest BCUT2D eigenvalue weighted by Crippen LogP contribution is 2.46. The third-order valence-electron chi connectivity index (χ3n) is 3.98. The van der Waals surface area contributed by atoms with Gasteiger partial charge in [0.2, 0.25) is 5.91 Å². The van der Waals surface area contributed by atoms with Crippen molar-refractivity contribution in [3.05, 3.63) is 0 Å². The van der Waals surface area contributed by atoms with E-state index in [1.54, 1.807) is 0 Å². The number of likely N-dealkylation sites (tertiary alicyclic amines) is 1. The molecule has 0 radical (unpaired) electrons. The van der Waals surface area contributed by atoms with Crippen LogP contribution >= 0.6 is 0 Å². The third kappa shape index (κ3) is 2.23. The number of aliphatic hydroxyl groups excluding tert-OH is 1. The standard InChI is InChI=1S/C12H22N2O2/c1-13-6-3-10(7-13)8-14(2)11(16)12(9-15)4-5-12/h10,15H,3-9H2,1-2H3. The molecular weight excluding hydrogens is 204 g/mol. The first-order chi connectivity index (χ1) is 7.57. The maximum absolute atomic E-state index is 12.1. The zero-order chi connectivity index (χ0) is 11.8. The number of hydrogen-bond acceptors (Lipinski definition) is 3. The van der Waals surface area contributed by atoms with E-state index in [2.05, 4.69) is 11.9 Å². The first-order valence-corrected chi connectivity index (χ1v) is 6.12. The average molecular weight is 226 g/mol. The molecule has 1 saturated heterocycles. The van der Waals surface area contributed by atoms with Crippen molar-refractivity contribution in [1.29, 1.82) is 0 Å². The third-order valence-corrected chi connectivity index (χ3v) is 3.98. The van der Waals surface area contributed by atoms with Crippen LogP contribution in [-0.2, 0) is 4.79 Å². The molecule has 2 rings (SSSR count). The highest BCUT2D eigenvalue weighted by molar-refractivity contribution is 5.85. The van der Waals surface area contributed by atoms with Crippen LogP contribution in [0.5, 0.6) is 0 Å². The van der Waals surface area contributed by atoms with Crippen LogP contribution in [0.25, 0.3) is 0 Å². The van der Waals surface area contributed by atoms with Crippen molar-refractivity contribution >= 4 is 5.91 Å². The van der Waals surface area contributed by atoms with Crippen LogP contribution in [0, 0.1) is 11.3 Å². The Morgan fingerprint density at radius 1 is 1.56 bits per heavy atom. The SMILES string of the molecule is CN1CCC(CN(C)C(=O)C2(CO)CC2)C1. The summed E-state index contributed by atoms with van der Waals surface area (Å²) in [5, 5.41) is 9.22. The zero-order valence-electron chi connectivity index (χ0n) is 10.3. The van der Waals surface area contributed by atoms with E-state index in [1.165, 1.54) is 6.42 Å². The Kier molecular flexibility index (Phi) is 3.22. The van der Waals surface area contributed by atoms with Crippen LogP contribution in [0.1, 0.15) is 19.3 Å². The molecule has 2 aliphatic rings. The second kappa shape index (κ2) is 4.34. The fourth-order valence-electron chi connectivity index (χ4n) is 2.64. The Hall–Kier alpha value is -0.610. The van der Waals surface area contributed by atoms with Crippen molar-refractivity contribution in [2.75, 3.05) is 40.3 Å². The van der Waals surface area contributed by atoms with E-state index in [0.717, 1.165) is 32.5 Å². The van der Waals surface area contributed by atoms with Crippen molar-refractivity contribution in [2.24, 2.45) is 11.3 Å². The number of aliphatic hydroxyl groups is 1. The Morgan fingerprint density at radius 2 is 2.25 bits per heavy atom. The van der Waals surface area contributed by atoms with Gasteiger partial charge in [-0.2, -0.15) is 0 Å². The molecule has 16 heavy (non-hydrogen) atoms. The molecule has 1 aliphatic heterocycles. The van der Waals surface area contributed by atoms with E-state index in [4.69, 9.17) is 0 Å². The summed E-state index contributed by atoms with van der Waals surface area (Å²) in [6.07, 6.45) is 2.90. The summed E-state index contributed by atoms with van der Waals surface area (Å²) in [5.41, 5.74) is -0.404. The summed E-state index contributed by atoms with van der Waals surface area (Å²) >= 11 is 0. The average Bonchev–Trinajstić information content (AvgIpc) is 2.97. The number of nitrogens with zero attached hydrogens (tertiary/aromatic N) is 2. The molecule has 1 unspecified atom stereocenters. The second-order valence-electron chi connectivity index (χ2n) is 5.54. The maximum Gasteiger partial charge on any atom is 0.230 e. The quantitative estimate of drug-likeness (QED) is 0.743. The van der Waals surface area contributed by atoms with Crippen LogP contribution in [0.4, 0.5) is 0 Å². The molecule has 1 amide bonds. The Balaban J connectivity index is 1.84. The first-order valence-electron chi connectivity index (χ1n) is 6.12. The van der Waals surface area contributed by atoms with E-state index in [-0.39, 0.29) is 12.5 Å². The van der Waals surface area contributed by atoms with Gasteiger partial charge < -0.3 is 14.9 Å². The van der Waals surface area contributed by atoms with Crippen LogP contribution in [-0.4, -0.2) is 61.2 Å². The van der Waals surface area contributed by atoms with Gasteiger partial charge in [-0.05, 0) is 38.8 Å². The van der Waals surface area contributed by atoms with Gasteiger partial charge in [0.25, 0.3) is 0 Å². The van der Waals surface area contributed by atoms with E-state index in [9.17, 15) is 9.90 Å². The van der Waals surface area contributed by atoms with Gasteiger partial charge in [-0.1, -0.05) is 0 Å². The molecule has 0 aromatic rings. The van der Waals surface area contributed by atoms with Gasteiger partial charge in [-0.25, -0.2) is 0 Å². The van der Waals surface area contributed by atoms with Crippen LogP contribution in [0.2, 0.25) is 0 Å². The minimum absolute atomic E-state index is 0.0146. The maximum atomic E-state index is 12.1. The lowest BCUT2D eigenvalue weighted by atomic mass is 10.0. The highest BCUT2D eigenvalue weighted by Gasteiger charge is 2.50. The van der Waals surface area contributed by atoms with Gasteiger partial charge in [0.15, 0.2) is 0 Å². The lowest BCUT2D eigenvalue weighted by Crippen LogP contribution is -2.39. The Bertz CT molecular complexity index is 276. The Labute approximate surface area is 97.2 Å². The molecule has 0 spiro atoms. The first kappa shape index (κ1) is 11.9. The molecule has 4 nitrogen and oxygen atoms in total. The van der Waals surface area contributed by atoms with E-state index in [0.29, 0.717) is 5.92 Å². The second-order valence-corrected chi connectivity index (χ2v) is 5.54. The normalized spacial score (nSPS) is 28.1. The lowest BCUT2D eigenvalue weighted by Gasteiger charge is -2.25. The molecule has 4 heteroatoms. The predicted octanol–water partition coefficient (Wildman–Crippen LogP) is 0.169. The molecular formula is C12H22N2O2. The number of hydrogen-bond donors (Lipinski definition) is 1. The summed E-state index contributed by atoms with van der Waals surface area (Å²) in [4.78, 5) is 16.2. The molecule has 1 saturated carbocycles. The predicted molar refractivity (Wildman–Crippen MR) is 62.0 cm³/mol. The van der Waals surface area contributed by atoms with Gasteiger partial charge in [0.05, 0.1) is 12.0 Å². The van der Waals surface area contributed by atoms with Crippen molar-refractivity contribution in [1.82, 2.24) is 9.80 Å². The summed E-state index contributed by atoms with van der Waals surface area (Å²) in [5.74, 6) is 0.748. The smallest absolute Gasteiger partial charge is 0.230 e. The highest BCUT2D eigenvalue weighted by atomic mass is 16.3. The van der Waals surface area contributed by atoms with Crippen molar-refractivity contribution in [3.8, 4) is 0 Å². The zero-order valence-corrected chi connectivity index (χ0v) is 10.3. The number of rotatable bonds is 4. The molecule has 1 aliphatic carbocycles. The molecule has 1 N–H and O–H groups in total. The Morgan fingerprint density at radius 3 is 2.69 bits per heavy atom. The van der Waals surface area contributed by atoms with Gasteiger partial charge in [0, 0.05) is 20.1 Å². The van der Waals surface area contributed by atoms with Crippen molar-refractivity contribution < 1.29 is 9.90 Å². The lowest BCUT2D eigenvalue weighted by molar-refractivity contribution is -0.137. The number of carbonyl (C=O) groups excluding carboxylic acids is 1. The number of amides is 1. The minimum Gasteiger partial charge on any atom is -0.395 e. The van der Waals surface area contributed by atoms with Gasteiger partial charge in [-0.3, -0.25) is 4.79 Å². The summed E-state index contributed by atoms with van der Waals surface area (Å²) in [6, 6.07) is 0. The fraction of sp³-hybridized carbons (Fsp3) is 0.917. The molecule has 1 atom stereocenters. The fourth-order valence-corrected chi connectivity index (χ4v) is 2.64. The topological polar surface area (TPSA) is 43.8 Å². The van der Waals surface area contributed by atoms with E-state index < -0.39 is 5.41 Å². The molecule has 0 bridgehead atoms. The molecule has 92 valence electrons. The summed E-state index contributed by atoms with van der Waals surface area (Å²) in [7, 11) is 3.99. The summed E-state index contributed by atoms with van der Waals surface area (Å²) in [6.45, 7) is 3.08. The van der Waals surface area contributed by atoms with Gasteiger partial charge in [-0.15, -0.1) is 0 Å². The van der Waals surface area contributed by atoms with E-state index >= 15 is 0 Å². The van der Waals surface area contributed by atoms with Gasteiger partial charge >= 0.3 is 0 Å². The number of carbonyl (C=O) groups is 1. The monoisotopic (exact) mass is 226 g/mol. The van der Waals surface area contributed by atoms with Crippen molar-refractivity contribution in [2.45, 2.75) is 19.3 Å². The van der Waals surface area contributed by atoms with Crippen LogP contribution < -0.4 is 0 Å². The largest absolute Gasteiger partial charge is 0.395 e. The molecule has 0 aromatic carbocycles. The van der Waals surface area contributed by atoms with E-state index in [1.807, 2.05) is 11.9 Å². The molecule has 2 fully saturated rings. The summed E-state index contributed by atoms with van der Waals surface area (Å²) < 4.78 is 0. The van der Waals surface area contributed by atoms with Crippen LogP contribution in [0.3, 0.4) is 0 Å². The van der Waals surface area contributed by atoms with Crippen LogP contribution in [0.15, 0.2) is 0 Å². The molecule has 0 aromatic heterocycles. The molecule has 1 heterocycles. The minimum atomic E-state index is -0.404.